The van der Waals surface area contributed by atoms with Crippen LogP contribution in [0.15, 0.2) is 67.1 Å². The highest BCUT2D eigenvalue weighted by Gasteiger charge is 2.18. The zero-order chi connectivity index (χ0) is 23.2. The van der Waals surface area contributed by atoms with Crippen molar-refractivity contribution in [2.45, 2.75) is 13.3 Å². The average Bonchev–Trinajstić information content (AvgIpc) is 3.25. The van der Waals surface area contributed by atoms with Crippen LogP contribution in [0.5, 0.6) is 0 Å². The number of nitrogens with zero attached hydrogens (tertiary/aromatic N) is 2. The van der Waals surface area contributed by atoms with Gasteiger partial charge in [-0.2, -0.15) is 0 Å². The van der Waals surface area contributed by atoms with Crippen molar-refractivity contribution in [1.82, 2.24) is 20.3 Å². The van der Waals surface area contributed by atoms with E-state index in [-0.39, 0.29) is 30.6 Å². The molecule has 0 saturated carbocycles. The molecule has 0 spiro atoms. The van der Waals surface area contributed by atoms with Crippen molar-refractivity contribution in [3.05, 3.63) is 78.2 Å². The van der Waals surface area contributed by atoms with Gasteiger partial charge in [0.2, 0.25) is 11.8 Å². The number of nitrogens with one attached hydrogen (secondary N) is 4. The van der Waals surface area contributed by atoms with E-state index in [1.807, 2.05) is 18.2 Å². The summed E-state index contributed by atoms with van der Waals surface area (Å²) in [6, 6.07) is 16.1. The minimum absolute atomic E-state index is 0.128. The summed E-state index contributed by atoms with van der Waals surface area (Å²) in [4.78, 5) is 47.5. The second kappa shape index (κ2) is 9.73. The van der Waals surface area contributed by atoms with Crippen LogP contribution >= 0.6 is 0 Å². The Bertz CT molecular complexity index is 1300. The first-order valence-corrected chi connectivity index (χ1v) is 10.3. The SMILES string of the molecule is CC(=O)NCCC(=O)Nc1ccc(Nc2ncnc3[nH]cc(C(=O)c4ccccc4)c23)cc1. The van der Waals surface area contributed by atoms with Crippen LogP contribution in [-0.4, -0.2) is 39.1 Å². The van der Waals surface area contributed by atoms with Crippen LogP contribution in [0.3, 0.4) is 0 Å². The number of carbonyl (C=O) groups excluding carboxylic acids is 3. The van der Waals surface area contributed by atoms with E-state index in [2.05, 4.69) is 30.9 Å². The number of anilines is 3. The molecular weight excluding hydrogens is 420 g/mol. The largest absolute Gasteiger partial charge is 0.356 e. The molecule has 4 rings (SSSR count). The third-order valence-corrected chi connectivity index (χ3v) is 4.91. The van der Waals surface area contributed by atoms with Crippen LogP contribution in [0, 0.1) is 0 Å². The summed E-state index contributed by atoms with van der Waals surface area (Å²) in [7, 11) is 0. The summed E-state index contributed by atoms with van der Waals surface area (Å²) in [6.07, 6.45) is 3.24. The van der Waals surface area contributed by atoms with E-state index in [9.17, 15) is 14.4 Å². The lowest BCUT2D eigenvalue weighted by atomic mass is 10.0. The molecule has 2 aromatic carbocycles. The Kier molecular flexibility index (Phi) is 6.40. The molecule has 0 unspecified atom stereocenters. The molecule has 0 aliphatic heterocycles. The van der Waals surface area contributed by atoms with E-state index in [1.54, 1.807) is 42.6 Å². The average molecular weight is 442 g/mol. The predicted molar refractivity (Wildman–Crippen MR) is 125 cm³/mol. The molecule has 0 atom stereocenters. The van der Waals surface area contributed by atoms with Gasteiger partial charge in [-0.25, -0.2) is 9.97 Å². The molecule has 0 aliphatic rings. The van der Waals surface area contributed by atoms with Crippen LogP contribution in [0.1, 0.15) is 29.3 Å². The highest BCUT2D eigenvalue weighted by Crippen LogP contribution is 2.28. The van der Waals surface area contributed by atoms with Crippen LogP contribution < -0.4 is 16.0 Å². The number of aromatic nitrogens is 3. The van der Waals surface area contributed by atoms with Gasteiger partial charge in [0.15, 0.2) is 5.78 Å². The monoisotopic (exact) mass is 442 g/mol. The van der Waals surface area contributed by atoms with Gasteiger partial charge in [-0.3, -0.25) is 14.4 Å². The third kappa shape index (κ3) is 5.21. The quantitative estimate of drug-likeness (QED) is 0.310. The molecule has 0 bridgehead atoms. The van der Waals surface area contributed by atoms with Crippen molar-refractivity contribution in [3.63, 3.8) is 0 Å². The molecule has 9 heteroatoms. The Labute approximate surface area is 189 Å². The number of carbonyl (C=O) groups is 3. The highest BCUT2D eigenvalue weighted by molar-refractivity contribution is 6.18. The summed E-state index contributed by atoms with van der Waals surface area (Å²) >= 11 is 0. The molecule has 9 nitrogen and oxygen atoms in total. The van der Waals surface area contributed by atoms with Crippen LogP contribution in [0.2, 0.25) is 0 Å². The molecule has 2 amide bonds. The van der Waals surface area contributed by atoms with E-state index in [4.69, 9.17) is 0 Å². The molecule has 0 radical (unpaired) electrons. The van der Waals surface area contributed by atoms with Gasteiger partial charge >= 0.3 is 0 Å². The molecule has 166 valence electrons. The van der Waals surface area contributed by atoms with Crippen molar-refractivity contribution in [2.75, 3.05) is 17.2 Å². The van der Waals surface area contributed by atoms with Crippen molar-refractivity contribution < 1.29 is 14.4 Å². The van der Waals surface area contributed by atoms with Crippen molar-refractivity contribution in [3.8, 4) is 0 Å². The number of hydrogen-bond acceptors (Lipinski definition) is 6. The van der Waals surface area contributed by atoms with E-state index in [0.717, 1.165) is 5.69 Å². The normalized spacial score (nSPS) is 10.6. The summed E-state index contributed by atoms with van der Waals surface area (Å²) < 4.78 is 0. The van der Waals surface area contributed by atoms with Crippen LogP contribution in [0.25, 0.3) is 11.0 Å². The molecule has 33 heavy (non-hydrogen) atoms. The number of fused-ring (bicyclic) bond motifs is 1. The molecule has 0 fully saturated rings. The Hall–Kier alpha value is -4.53. The second-order valence-electron chi connectivity index (χ2n) is 7.33. The maximum absolute atomic E-state index is 13.0. The van der Waals surface area contributed by atoms with Crippen LogP contribution in [0.4, 0.5) is 17.2 Å². The lowest BCUT2D eigenvalue weighted by Gasteiger charge is -2.10. The summed E-state index contributed by atoms with van der Waals surface area (Å²) in [5, 5.41) is 9.19. The Morgan fingerprint density at radius 1 is 0.939 bits per heavy atom. The van der Waals surface area contributed by atoms with Gasteiger partial charge in [-0.05, 0) is 24.3 Å². The van der Waals surface area contributed by atoms with Gasteiger partial charge in [0.1, 0.15) is 17.8 Å². The predicted octanol–water partition coefficient (Wildman–Crippen LogP) is 3.40. The van der Waals surface area contributed by atoms with E-state index < -0.39 is 0 Å². The molecule has 0 saturated heterocycles. The van der Waals surface area contributed by atoms with Gasteiger partial charge in [-0.1, -0.05) is 30.3 Å². The number of hydrogen-bond donors (Lipinski definition) is 4. The molecule has 0 aliphatic carbocycles. The molecule has 2 heterocycles. The minimum atomic E-state index is -0.196. The third-order valence-electron chi connectivity index (χ3n) is 4.91. The van der Waals surface area contributed by atoms with Gasteiger partial charge in [0, 0.05) is 43.0 Å². The standard InChI is InChI=1S/C24H22N6O3/c1-15(31)25-12-11-20(32)29-17-7-9-18(10-8-17)30-24-21-19(13-26-23(21)27-14-28-24)22(33)16-5-3-2-4-6-16/h2-10,13-14H,11-12H2,1H3,(H,25,31)(H,29,32)(H2,26,27,28,30). The zero-order valence-electron chi connectivity index (χ0n) is 17.9. The molecule has 2 aromatic heterocycles. The maximum atomic E-state index is 13.0. The fourth-order valence-corrected chi connectivity index (χ4v) is 3.33. The molecule has 4 aromatic rings. The first-order valence-electron chi connectivity index (χ1n) is 10.3. The van der Waals surface area contributed by atoms with Gasteiger partial charge in [0.05, 0.1) is 10.9 Å². The lowest BCUT2D eigenvalue weighted by Crippen LogP contribution is -2.25. The Morgan fingerprint density at radius 3 is 2.39 bits per heavy atom. The topological polar surface area (TPSA) is 129 Å². The van der Waals surface area contributed by atoms with Gasteiger partial charge in [-0.15, -0.1) is 0 Å². The lowest BCUT2D eigenvalue weighted by molar-refractivity contribution is -0.119. The van der Waals surface area contributed by atoms with Gasteiger partial charge < -0.3 is 20.9 Å². The van der Waals surface area contributed by atoms with Crippen molar-refractivity contribution in [1.29, 1.82) is 0 Å². The molecule has 4 N–H and O–H groups in total. The summed E-state index contributed by atoms with van der Waals surface area (Å²) in [5.41, 5.74) is 2.96. The minimum Gasteiger partial charge on any atom is -0.356 e. The first kappa shape index (κ1) is 21.7. The first-order chi connectivity index (χ1) is 16.0. The number of amides is 2. The smallest absolute Gasteiger partial charge is 0.226 e. The van der Waals surface area contributed by atoms with E-state index >= 15 is 0 Å². The summed E-state index contributed by atoms with van der Waals surface area (Å²) in [5.74, 6) is -0.00360. The highest BCUT2D eigenvalue weighted by atomic mass is 16.2. The fourth-order valence-electron chi connectivity index (χ4n) is 3.33. The number of ketones is 1. The number of aromatic amines is 1. The van der Waals surface area contributed by atoms with E-state index in [1.165, 1.54) is 13.3 Å². The number of H-pyrrole nitrogens is 1. The summed E-state index contributed by atoms with van der Waals surface area (Å²) in [6.45, 7) is 1.69. The molecular formula is C24H22N6O3. The van der Waals surface area contributed by atoms with Crippen molar-refractivity contribution >= 4 is 45.8 Å². The Balaban J connectivity index is 1.50. The maximum Gasteiger partial charge on any atom is 0.226 e. The number of benzene rings is 2. The fraction of sp³-hybridized carbons (Fsp3) is 0.125. The van der Waals surface area contributed by atoms with E-state index in [0.29, 0.717) is 33.7 Å². The van der Waals surface area contributed by atoms with Gasteiger partial charge in [0.25, 0.3) is 0 Å². The Morgan fingerprint density at radius 2 is 1.67 bits per heavy atom. The van der Waals surface area contributed by atoms with Crippen molar-refractivity contribution in [2.24, 2.45) is 0 Å². The second-order valence-corrected chi connectivity index (χ2v) is 7.33. The van der Waals surface area contributed by atoms with Crippen LogP contribution in [-0.2, 0) is 9.59 Å². The number of rotatable bonds is 8. The zero-order valence-corrected chi connectivity index (χ0v) is 17.9.